The third-order valence-electron chi connectivity index (χ3n) is 5.05. The fourth-order valence-corrected chi connectivity index (χ4v) is 4.49. The van der Waals surface area contributed by atoms with Gasteiger partial charge in [-0.3, -0.25) is 19.9 Å². The summed E-state index contributed by atoms with van der Waals surface area (Å²) in [5.41, 5.74) is 1.65. The molecule has 0 atom stereocenters. The van der Waals surface area contributed by atoms with Crippen molar-refractivity contribution in [1.82, 2.24) is 14.9 Å². The standard InChI is InChI=1S/C22H22N4O5S/c1-29-16-10-13(11-17(30-2)19(16)31-3)21(28)26-9-7-14-18(12-26)32-22(24-14)25-20(27)15-6-4-5-8-23-15/h4-6,8,10-11H,7,9,12H2,1-3H3,(H,24,25,27). The Balaban J connectivity index is 1.51. The van der Waals surface area contributed by atoms with E-state index >= 15 is 0 Å². The third-order valence-corrected chi connectivity index (χ3v) is 6.05. The zero-order chi connectivity index (χ0) is 22.7. The largest absolute Gasteiger partial charge is 0.493 e. The van der Waals surface area contributed by atoms with Crippen LogP contribution in [0, 0.1) is 0 Å². The topological polar surface area (TPSA) is 103 Å². The highest BCUT2D eigenvalue weighted by Gasteiger charge is 2.27. The number of thiazole rings is 1. The molecule has 0 aliphatic carbocycles. The van der Waals surface area contributed by atoms with Crippen LogP contribution in [0.5, 0.6) is 17.2 Å². The Morgan fingerprint density at radius 1 is 1.09 bits per heavy atom. The molecule has 1 N–H and O–H groups in total. The van der Waals surface area contributed by atoms with Gasteiger partial charge in [-0.05, 0) is 24.3 Å². The molecule has 2 aromatic heterocycles. The van der Waals surface area contributed by atoms with E-state index < -0.39 is 0 Å². The van der Waals surface area contributed by atoms with E-state index in [1.165, 1.54) is 32.7 Å². The number of amides is 2. The van der Waals surface area contributed by atoms with Crippen molar-refractivity contribution in [3.63, 3.8) is 0 Å². The van der Waals surface area contributed by atoms with Gasteiger partial charge >= 0.3 is 0 Å². The second-order valence-electron chi connectivity index (χ2n) is 6.95. The van der Waals surface area contributed by atoms with Crippen LogP contribution in [-0.4, -0.2) is 54.6 Å². The number of benzene rings is 1. The smallest absolute Gasteiger partial charge is 0.276 e. The number of ether oxygens (including phenoxy) is 3. The first-order valence-corrected chi connectivity index (χ1v) is 10.7. The lowest BCUT2D eigenvalue weighted by Crippen LogP contribution is -2.35. The molecule has 0 fully saturated rings. The summed E-state index contributed by atoms with van der Waals surface area (Å²) >= 11 is 1.36. The highest BCUT2D eigenvalue weighted by Crippen LogP contribution is 2.39. The summed E-state index contributed by atoms with van der Waals surface area (Å²) in [6.45, 7) is 0.918. The minimum absolute atomic E-state index is 0.151. The lowest BCUT2D eigenvalue weighted by Gasteiger charge is -2.26. The highest BCUT2D eigenvalue weighted by molar-refractivity contribution is 7.15. The molecule has 166 valence electrons. The molecule has 1 aromatic carbocycles. The molecule has 3 aromatic rings. The van der Waals surface area contributed by atoms with Crippen molar-refractivity contribution in [2.24, 2.45) is 0 Å². The average Bonchev–Trinajstić information content (AvgIpc) is 3.24. The summed E-state index contributed by atoms with van der Waals surface area (Å²) in [4.78, 5) is 36.8. The molecule has 1 aliphatic rings. The highest BCUT2D eigenvalue weighted by atomic mass is 32.1. The number of methoxy groups -OCH3 is 3. The Bertz CT molecular complexity index is 1120. The van der Waals surface area contributed by atoms with Gasteiger partial charge in [0.2, 0.25) is 5.75 Å². The van der Waals surface area contributed by atoms with Crippen LogP contribution in [0.4, 0.5) is 5.13 Å². The molecule has 0 radical (unpaired) electrons. The van der Waals surface area contributed by atoms with Crippen molar-refractivity contribution in [3.8, 4) is 17.2 Å². The maximum absolute atomic E-state index is 13.2. The molecular formula is C22H22N4O5S. The molecule has 1 aliphatic heterocycles. The predicted molar refractivity (Wildman–Crippen MR) is 119 cm³/mol. The van der Waals surface area contributed by atoms with E-state index in [2.05, 4.69) is 15.3 Å². The Kier molecular flexibility index (Phi) is 6.22. The number of fused-ring (bicyclic) bond motifs is 1. The van der Waals surface area contributed by atoms with Gasteiger partial charge in [0.25, 0.3) is 11.8 Å². The van der Waals surface area contributed by atoms with Gasteiger partial charge in [0, 0.05) is 29.6 Å². The molecular weight excluding hydrogens is 432 g/mol. The van der Waals surface area contributed by atoms with Crippen LogP contribution in [0.1, 0.15) is 31.4 Å². The molecule has 0 spiro atoms. The Hall–Kier alpha value is -3.66. The summed E-state index contributed by atoms with van der Waals surface area (Å²) in [6, 6.07) is 8.43. The van der Waals surface area contributed by atoms with E-state index in [0.29, 0.717) is 53.1 Å². The second-order valence-corrected chi connectivity index (χ2v) is 8.03. The number of hydrogen-bond donors (Lipinski definition) is 1. The Morgan fingerprint density at radius 2 is 1.84 bits per heavy atom. The zero-order valence-corrected chi connectivity index (χ0v) is 18.7. The fourth-order valence-electron chi connectivity index (χ4n) is 3.47. The molecule has 3 heterocycles. The minimum Gasteiger partial charge on any atom is -0.493 e. The van der Waals surface area contributed by atoms with Crippen molar-refractivity contribution < 1.29 is 23.8 Å². The molecule has 2 amide bonds. The summed E-state index contributed by atoms with van der Waals surface area (Å²) in [5, 5.41) is 3.28. The van der Waals surface area contributed by atoms with E-state index in [1.807, 2.05) is 0 Å². The molecule has 4 rings (SSSR count). The van der Waals surface area contributed by atoms with Crippen molar-refractivity contribution in [2.45, 2.75) is 13.0 Å². The number of rotatable bonds is 6. The van der Waals surface area contributed by atoms with Gasteiger partial charge in [0.1, 0.15) is 5.69 Å². The maximum Gasteiger partial charge on any atom is 0.276 e. The summed E-state index contributed by atoms with van der Waals surface area (Å²) in [5.74, 6) is 0.808. The first kappa shape index (κ1) is 21.6. The molecule has 0 saturated heterocycles. The molecule has 9 nitrogen and oxygen atoms in total. The van der Waals surface area contributed by atoms with Gasteiger partial charge < -0.3 is 19.1 Å². The van der Waals surface area contributed by atoms with Crippen LogP contribution in [0.15, 0.2) is 36.5 Å². The van der Waals surface area contributed by atoms with Crippen LogP contribution in [0.3, 0.4) is 0 Å². The van der Waals surface area contributed by atoms with E-state index in [9.17, 15) is 9.59 Å². The number of anilines is 1. The van der Waals surface area contributed by atoms with Gasteiger partial charge in [0.15, 0.2) is 16.6 Å². The molecule has 32 heavy (non-hydrogen) atoms. The van der Waals surface area contributed by atoms with Gasteiger partial charge in [-0.15, -0.1) is 0 Å². The number of pyridine rings is 1. The minimum atomic E-state index is -0.318. The summed E-state index contributed by atoms with van der Waals surface area (Å²) < 4.78 is 16.1. The van der Waals surface area contributed by atoms with Gasteiger partial charge in [-0.2, -0.15) is 0 Å². The van der Waals surface area contributed by atoms with E-state index in [1.54, 1.807) is 41.4 Å². The summed E-state index contributed by atoms with van der Waals surface area (Å²) in [6.07, 6.45) is 2.16. The van der Waals surface area contributed by atoms with Gasteiger partial charge in [-0.25, -0.2) is 4.98 Å². The van der Waals surface area contributed by atoms with Crippen LogP contribution in [0.25, 0.3) is 0 Å². The normalized spacial score (nSPS) is 12.7. The number of aromatic nitrogens is 2. The van der Waals surface area contributed by atoms with Crippen molar-refractivity contribution >= 4 is 28.3 Å². The van der Waals surface area contributed by atoms with Crippen molar-refractivity contribution in [2.75, 3.05) is 33.2 Å². The second kappa shape index (κ2) is 9.23. The van der Waals surface area contributed by atoms with Gasteiger partial charge in [0.05, 0.1) is 33.6 Å². The maximum atomic E-state index is 13.2. The van der Waals surface area contributed by atoms with Crippen LogP contribution < -0.4 is 19.5 Å². The number of carbonyl (C=O) groups is 2. The zero-order valence-electron chi connectivity index (χ0n) is 17.9. The van der Waals surface area contributed by atoms with Crippen molar-refractivity contribution in [3.05, 3.63) is 58.4 Å². The number of nitrogens with one attached hydrogen (secondary N) is 1. The molecule has 10 heteroatoms. The van der Waals surface area contributed by atoms with Crippen LogP contribution in [-0.2, 0) is 13.0 Å². The summed E-state index contributed by atoms with van der Waals surface area (Å²) in [7, 11) is 4.54. The third kappa shape index (κ3) is 4.22. The van der Waals surface area contributed by atoms with Gasteiger partial charge in [-0.1, -0.05) is 17.4 Å². The number of hydrogen-bond acceptors (Lipinski definition) is 8. The first-order valence-electron chi connectivity index (χ1n) is 9.84. The average molecular weight is 455 g/mol. The van der Waals surface area contributed by atoms with E-state index in [0.717, 1.165) is 10.6 Å². The fraction of sp³-hybridized carbons (Fsp3) is 0.273. The lowest BCUT2D eigenvalue weighted by atomic mass is 10.1. The van der Waals surface area contributed by atoms with E-state index in [-0.39, 0.29) is 11.8 Å². The number of carbonyl (C=O) groups excluding carboxylic acids is 2. The lowest BCUT2D eigenvalue weighted by molar-refractivity contribution is 0.0735. The molecule has 0 unspecified atom stereocenters. The predicted octanol–water partition coefficient (Wildman–Crippen LogP) is 3.01. The van der Waals surface area contributed by atoms with Crippen LogP contribution in [0.2, 0.25) is 0 Å². The molecule has 0 saturated carbocycles. The monoisotopic (exact) mass is 454 g/mol. The van der Waals surface area contributed by atoms with Crippen molar-refractivity contribution in [1.29, 1.82) is 0 Å². The van der Waals surface area contributed by atoms with E-state index in [4.69, 9.17) is 14.2 Å². The number of nitrogens with zero attached hydrogens (tertiary/aromatic N) is 3. The first-order chi connectivity index (χ1) is 15.5. The Morgan fingerprint density at radius 3 is 2.47 bits per heavy atom. The quantitative estimate of drug-likeness (QED) is 0.611. The SMILES string of the molecule is COc1cc(C(=O)N2CCc3nc(NC(=O)c4ccccn4)sc3C2)cc(OC)c1OC. The van der Waals surface area contributed by atoms with Crippen LogP contribution >= 0.6 is 11.3 Å². The Labute approximate surface area is 189 Å². The molecule has 0 bridgehead atoms.